The quantitative estimate of drug-likeness (QED) is 0.703. The molecule has 0 aliphatic heterocycles. The van der Waals surface area contributed by atoms with Crippen molar-refractivity contribution in [1.29, 1.82) is 0 Å². The molecule has 0 amide bonds. The smallest absolute Gasteiger partial charge is 0.232 e. The van der Waals surface area contributed by atoms with Gasteiger partial charge in [0.05, 0.1) is 18.5 Å². The molecule has 1 rings (SSSR count). The fourth-order valence-corrected chi connectivity index (χ4v) is 3.66. The van der Waals surface area contributed by atoms with Gasteiger partial charge < -0.3 is 4.74 Å². The Hall–Kier alpha value is 0.200. The van der Waals surface area contributed by atoms with E-state index in [-0.39, 0.29) is 17.6 Å². The highest BCUT2D eigenvalue weighted by Crippen LogP contribution is 2.23. The van der Waals surface area contributed by atoms with Crippen LogP contribution in [0.25, 0.3) is 0 Å². The lowest BCUT2D eigenvalue weighted by molar-refractivity contribution is 0.00382. The Morgan fingerprint density at radius 3 is 2.29 bits per heavy atom. The van der Waals surface area contributed by atoms with Crippen molar-refractivity contribution in [2.75, 3.05) is 12.4 Å². The molecule has 1 saturated carbocycles. The third-order valence-corrected chi connectivity index (χ3v) is 4.66. The molecule has 1 aliphatic rings. The van der Waals surface area contributed by atoms with Crippen LogP contribution in [0.2, 0.25) is 0 Å². The van der Waals surface area contributed by atoms with E-state index in [4.69, 9.17) is 15.4 Å². The Kier molecular flexibility index (Phi) is 6.24. The van der Waals surface area contributed by atoms with E-state index in [1.165, 1.54) is 19.3 Å². The van der Waals surface area contributed by atoms with E-state index in [1.807, 2.05) is 13.8 Å². The van der Waals surface area contributed by atoms with E-state index in [2.05, 4.69) is 0 Å². The fourth-order valence-electron chi connectivity index (χ4n) is 2.18. The third kappa shape index (κ3) is 6.63. The second kappa shape index (κ2) is 6.95. The minimum atomic E-state index is -3.43. The first-order chi connectivity index (χ1) is 7.88. The summed E-state index contributed by atoms with van der Waals surface area (Å²) >= 11 is 0. The molecule has 1 fully saturated rings. The van der Waals surface area contributed by atoms with Gasteiger partial charge in [-0.3, -0.25) is 0 Å². The van der Waals surface area contributed by atoms with Crippen LogP contribution in [0.15, 0.2) is 0 Å². The van der Waals surface area contributed by atoms with Gasteiger partial charge in [-0.25, -0.2) is 8.42 Å². The molecule has 1 atom stereocenters. The molecule has 5 heteroatoms. The van der Waals surface area contributed by atoms with Gasteiger partial charge in [-0.1, -0.05) is 33.1 Å². The molecule has 102 valence electrons. The van der Waals surface area contributed by atoms with Crippen LogP contribution in [0.3, 0.4) is 0 Å². The van der Waals surface area contributed by atoms with Crippen LogP contribution in [-0.4, -0.2) is 26.9 Å². The van der Waals surface area contributed by atoms with E-state index in [0.717, 1.165) is 12.8 Å². The van der Waals surface area contributed by atoms with E-state index in [9.17, 15) is 8.42 Å². The Bertz CT molecular complexity index is 308. The average molecular weight is 283 g/mol. The summed E-state index contributed by atoms with van der Waals surface area (Å²) in [6.07, 6.45) is 6.29. The van der Waals surface area contributed by atoms with Gasteiger partial charge in [0.1, 0.15) is 0 Å². The largest absolute Gasteiger partial charge is 0.378 e. The summed E-state index contributed by atoms with van der Waals surface area (Å²) in [6.45, 7) is 4.53. The summed E-state index contributed by atoms with van der Waals surface area (Å²) < 4.78 is 28.0. The van der Waals surface area contributed by atoms with Crippen LogP contribution in [0.5, 0.6) is 0 Å². The van der Waals surface area contributed by atoms with Crippen molar-refractivity contribution in [3.05, 3.63) is 0 Å². The Labute approximate surface area is 109 Å². The molecule has 17 heavy (non-hydrogen) atoms. The van der Waals surface area contributed by atoms with Gasteiger partial charge in [-0.15, -0.1) is 0 Å². The molecule has 1 aliphatic carbocycles. The second-order valence-corrected chi connectivity index (χ2v) is 8.12. The Morgan fingerprint density at radius 1 is 1.24 bits per heavy atom. The average Bonchev–Trinajstić information content (AvgIpc) is 2.24. The van der Waals surface area contributed by atoms with Gasteiger partial charge >= 0.3 is 0 Å². The summed E-state index contributed by atoms with van der Waals surface area (Å²) in [6, 6.07) is 0. The van der Waals surface area contributed by atoms with Crippen LogP contribution in [0, 0.1) is 11.8 Å². The monoisotopic (exact) mass is 282 g/mol. The van der Waals surface area contributed by atoms with Crippen LogP contribution >= 0.6 is 10.7 Å². The van der Waals surface area contributed by atoms with Gasteiger partial charge in [-0.2, -0.15) is 0 Å². The van der Waals surface area contributed by atoms with Gasteiger partial charge in [-0.05, 0) is 24.7 Å². The van der Waals surface area contributed by atoms with E-state index in [0.29, 0.717) is 12.7 Å². The normalized spacial score (nSPS) is 20.7. The van der Waals surface area contributed by atoms with Crippen molar-refractivity contribution < 1.29 is 13.2 Å². The highest BCUT2D eigenvalue weighted by molar-refractivity contribution is 8.13. The van der Waals surface area contributed by atoms with E-state index in [1.54, 1.807) is 0 Å². The molecule has 0 bridgehead atoms. The topological polar surface area (TPSA) is 43.4 Å². The van der Waals surface area contributed by atoms with Crippen molar-refractivity contribution in [3.8, 4) is 0 Å². The SMILES string of the molecule is CC(C)C(COC1CCCCC1)CS(=O)(=O)Cl. The minimum Gasteiger partial charge on any atom is -0.378 e. The minimum absolute atomic E-state index is 0.000531. The Morgan fingerprint density at radius 2 is 1.82 bits per heavy atom. The maximum absolute atomic E-state index is 11.1. The van der Waals surface area contributed by atoms with Gasteiger partial charge in [0, 0.05) is 10.7 Å². The molecular formula is C12H23ClO3S. The van der Waals surface area contributed by atoms with Crippen LogP contribution in [0.4, 0.5) is 0 Å². The number of rotatable bonds is 6. The third-order valence-electron chi connectivity index (χ3n) is 3.45. The molecule has 0 aromatic rings. The maximum atomic E-state index is 11.1. The molecule has 0 radical (unpaired) electrons. The molecule has 0 saturated heterocycles. The summed E-state index contributed by atoms with van der Waals surface area (Å²) in [5, 5.41) is 0. The van der Waals surface area contributed by atoms with E-state index >= 15 is 0 Å². The maximum Gasteiger partial charge on any atom is 0.232 e. The van der Waals surface area contributed by atoms with E-state index < -0.39 is 9.05 Å². The highest BCUT2D eigenvalue weighted by atomic mass is 35.7. The molecule has 0 N–H and O–H groups in total. The van der Waals surface area contributed by atoms with Crippen LogP contribution in [-0.2, 0) is 13.8 Å². The number of halogens is 1. The van der Waals surface area contributed by atoms with Crippen molar-refractivity contribution in [2.24, 2.45) is 11.8 Å². The Balaban J connectivity index is 2.38. The molecule has 0 heterocycles. The van der Waals surface area contributed by atoms with Crippen LogP contribution < -0.4 is 0 Å². The van der Waals surface area contributed by atoms with Crippen molar-refractivity contribution >= 4 is 19.7 Å². The van der Waals surface area contributed by atoms with Crippen molar-refractivity contribution in [2.45, 2.75) is 52.1 Å². The summed E-state index contributed by atoms with van der Waals surface area (Å²) in [7, 11) is 1.88. The number of ether oxygens (including phenoxy) is 1. The zero-order chi connectivity index (χ0) is 12.9. The van der Waals surface area contributed by atoms with Crippen LogP contribution in [0.1, 0.15) is 46.0 Å². The summed E-state index contributed by atoms with van der Waals surface area (Å²) in [5.74, 6) is 0.283. The predicted molar refractivity (Wildman–Crippen MR) is 70.8 cm³/mol. The molecule has 0 aromatic carbocycles. The number of hydrogen-bond acceptors (Lipinski definition) is 3. The fraction of sp³-hybridized carbons (Fsp3) is 1.00. The van der Waals surface area contributed by atoms with Gasteiger partial charge in [0.25, 0.3) is 0 Å². The highest BCUT2D eigenvalue weighted by Gasteiger charge is 2.23. The molecular weight excluding hydrogens is 260 g/mol. The molecule has 0 spiro atoms. The lowest BCUT2D eigenvalue weighted by atomic mass is 9.96. The molecule has 1 unspecified atom stereocenters. The standard InChI is InChI=1S/C12H23ClO3S/c1-10(2)11(9-17(13,14)15)8-16-12-6-4-3-5-7-12/h10-12H,3-9H2,1-2H3. The summed E-state index contributed by atoms with van der Waals surface area (Å²) in [4.78, 5) is 0. The molecule has 0 aromatic heterocycles. The number of hydrogen-bond donors (Lipinski definition) is 0. The van der Waals surface area contributed by atoms with Crippen molar-refractivity contribution in [3.63, 3.8) is 0 Å². The first kappa shape index (κ1) is 15.3. The predicted octanol–water partition coefficient (Wildman–Crippen LogP) is 3.18. The summed E-state index contributed by atoms with van der Waals surface area (Å²) in [5.41, 5.74) is 0. The second-order valence-electron chi connectivity index (χ2n) is 5.30. The van der Waals surface area contributed by atoms with Crippen molar-refractivity contribution in [1.82, 2.24) is 0 Å². The lowest BCUT2D eigenvalue weighted by Crippen LogP contribution is -2.27. The molecule has 3 nitrogen and oxygen atoms in total. The van der Waals surface area contributed by atoms with Gasteiger partial charge in [0.15, 0.2) is 0 Å². The van der Waals surface area contributed by atoms with Gasteiger partial charge in [0.2, 0.25) is 9.05 Å². The zero-order valence-corrected chi connectivity index (χ0v) is 12.3. The first-order valence-electron chi connectivity index (χ1n) is 6.42. The first-order valence-corrected chi connectivity index (χ1v) is 8.90. The lowest BCUT2D eigenvalue weighted by Gasteiger charge is -2.26. The zero-order valence-electron chi connectivity index (χ0n) is 10.7.